The van der Waals surface area contributed by atoms with Crippen molar-refractivity contribution >= 4 is 37.5 Å². The summed E-state index contributed by atoms with van der Waals surface area (Å²) in [6.07, 6.45) is 14.2. The highest BCUT2D eigenvalue weighted by Gasteiger charge is 2.21. The number of nitrogens with one attached hydrogen (secondary N) is 1. The number of pyridine rings is 1. The lowest BCUT2D eigenvalue weighted by molar-refractivity contribution is 0.462. The minimum atomic E-state index is -3.64. The molecule has 1 N–H and O–H groups in total. The predicted molar refractivity (Wildman–Crippen MR) is 147 cm³/mol. The number of hydrogen-bond acceptors (Lipinski definition) is 5. The zero-order chi connectivity index (χ0) is 24.7. The predicted octanol–water partition coefficient (Wildman–Crippen LogP) is 7.58. The third-order valence-corrected chi connectivity index (χ3v) is 8.31. The van der Waals surface area contributed by atoms with Crippen LogP contribution in [0.4, 0.5) is 5.82 Å². The number of hydrogen-bond donors (Lipinski definition) is 1. The summed E-state index contributed by atoms with van der Waals surface area (Å²) in [5.41, 5.74) is 2.46. The molecular formula is C27H36BrN3O3S. The van der Waals surface area contributed by atoms with E-state index in [1.807, 2.05) is 30.5 Å². The number of nitrogens with zero attached hydrogens (tertiary/aromatic N) is 2. The van der Waals surface area contributed by atoms with Crippen LogP contribution in [0.25, 0.3) is 16.9 Å². The van der Waals surface area contributed by atoms with Crippen molar-refractivity contribution in [1.29, 1.82) is 0 Å². The summed E-state index contributed by atoms with van der Waals surface area (Å²) in [4.78, 5) is 4.89. The highest BCUT2D eigenvalue weighted by Crippen LogP contribution is 2.34. The van der Waals surface area contributed by atoms with Crippen molar-refractivity contribution in [2.45, 2.75) is 83.6 Å². The Balaban J connectivity index is 1.53. The van der Waals surface area contributed by atoms with Crippen molar-refractivity contribution in [3.8, 4) is 17.0 Å². The quantitative estimate of drug-likeness (QED) is 0.182. The highest BCUT2D eigenvalue weighted by atomic mass is 79.9. The molecule has 0 bridgehead atoms. The minimum absolute atomic E-state index is 0.0419. The molecule has 0 atom stereocenters. The molecule has 1 saturated carbocycles. The van der Waals surface area contributed by atoms with Crippen molar-refractivity contribution in [3.05, 3.63) is 47.1 Å². The highest BCUT2D eigenvalue weighted by molar-refractivity contribution is 9.10. The van der Waals surface area contributed by atoms with E-state index in [-0.39, 0.29) is 5.75 Å². The van der Waals surface area contributed by atoms with E-state index < -0.39 is 10.1 Å². The number of halogens is 1. The van der Waals surface area contributed by atoms with E-state index in [2.05, 4.69) is 32.6 Å². The first-order chi connectivity index (χ1) is 16.9. The van der Waals surface area contributed by atoms with Crippen molar-refractivity contribution in [3.63, 3.8) is 0 Å². The molecule has 3 aromatic rings. The first kappa shape index (κ1) is 26.0. The molecule has 1 aliphatic carbocycles. The Hall–Kier alpha value is -2.06. The van der Waals surface area contributed by atoms with E-state index in [1.54, 1.807) is 12.1 Å². The van der Waals surface area contributed by atoms with Crippen LogP contribution in [0, 0.1) is 0 Å². The van der Waals surface area contributed by atoms with E-state index in [0.29, 0.717) is 18.2 Å². The Kier molecular flexibility index (Phi) is 9.11. The summed E-state index contributed by atoms with van der Waals surface area (Å²) >= 11 is 3.58. The van der Waals surface area contributed by atoms with E-state index >= 15 is 0 Å². The lowest BCUT2D eigenvalue weighted by Crippen LogP contribution is -2.23. The first-order valence-electron chi connectivity index (χ1n) is 12.9. The average Bonchev–Trinajstić information content (AvgIpc) is 3.19. The van der Waals surface area contributed by atoms with Crippen LogP contribution in [0.15, 0.2) is 47.1 Å². The molecule has 190 valence electrons. The molecule has 0 unspecified atom stereocenters. The number of anilines is 1. The number of unbranched alkanes of at least 4 members (excludes halogenated alkanes) is 5. The van der Waals surface area contributed by atoms with Gasteiger partial charge in [-0.25, -0.2) is 4.98 Å². The summed E-state index contributed by atoms with van der Waals surface area (Å²) in [5, 5.41) is 3.74. The Labute approximate surface area is 217 Å². The van der Waals surface area contributed by atoms with Gasteiger partial charge in [-0.15, -0.1) is 0 Å². The van der Waals surface area contributed by atoms with Crippen molar-refractivity contribution in [2.24, 2.45) is 0 Å². The molecule has 0 radical (unpaired) electrons. The van der Waals surface area contributed by atoms with Crippen molar-refractivity contribution in [1.82, 2.24) is 9.38 Å². The maximum Gasteiger partial charge on any atom is 0.309 e. The van der Waals surface area contributed by atoms with Crippen LogP contribution < -0.4 is 9.50 Å². The van der Waals surface area contributed by atoms with Crippen LogP contribution in [0.3, 0.4) is 0 Å². The fourth-order valence-electron chi connectivity index (χ4n) is 4.74. The molecule has 0 amide bonds. The standard InChI is InChI=1S/C27H36BrN3O3S/c1-2-3-4-5-6-10-18-35(32,33)34-24-15-11-12-21(19-24)26-27(29-23-13-8-7-9-14-23)31-20-22(28)16-17-25(31)30-26/h11-12,15-17,19-20,23,29H,2-10,13-14,18H2,1H3. The maximum absolute atomic E-state index is 12.6. The summed E-state index contributed by atoms with van der Waals surface area (Å²) in [6, 6.07) is 11.6. The van der Waals surface area contributed by atoms with Gasteiger partial charge in [-0.1, -0.05) is 70.4 Å². The van der Waals surface area contributed by atoms with Crippen molar-refractivity contribution < 1.29 is 12.6 Å². The Morgan fingerprint density at radius 1 is 1.06 bits per heavy atom. The van der Waals surface area contributed by atoms with E-state index in [9.17, 15) is 8.42 Å². The van der Waals surface area contributed by atoms with Crippen LogP contribution in [-0.2, 0) is 10.1 Å². The molecule has 0 aliphatic heterocycles. The molecule has 1 aromatic carbocycles. The van der Waals surface area contributed by atoms with E-state index in [4.69, 9.17) is 9.17 Å². The fraction of sp³-hybridized carbons (Fsp3) is 0.519. The molecular weight excluding hydrogens is 526 g/mol. The normalized spacial score (nSPS) is 14.9. The molecule has 1 aliphatic rings. The molecule has 0 saturated heterocycles. The van der Waals surface area contributed by atoms with Crippen LogP contribution in [0.1, 0.15) is 77.6 Å². The largest absolute Gasteiger partial charge is 0.382 e. The molecule has 2 heterocycles. The topological polar surface area (TPSA) is 72.7 Å². The molecule has 35 heavy (non-hydrogen) atoms. The van der Waals surface area contributed by atoms with Gasteiger partial charge in [0.15, 0.2) is 0 Å². The molecule has 0 spiro atoms. The Morgan fingerprint density at radius 3 is 2.63 bits per heavy atom. The van der Waals surface area contributed by atoms with Gasteiger partial charge in [0.25, 0.3) is 0 Å². The lowest BCUT2D eigenvalue weighted by atomic mass is 9.95. The van der Waals surface area contributed by atoms with Gasteiger partial charge in [0.2, 0.25) is 0 Å². The van der Waals surface area contributed by atoms with Gasteiger partial charge in [0.05, 0.1) is 5.75 Å². The van der Waals surface area contributed by atoms with Crippen LogP contribution in [0.5, 0.6) is 5.75 Å². The lowest BCUT2D eigenvalue weighted by Gasteiger charge is -2.24. The fourth-order valence-corrected chi connectivity index (χ4v) is 6.12. The minimum Gasteiger partial charge on any atom is -0.382 e. The molecule has 6 nitrogen and oxygen atoms in total. The zero-order valence-electron chi connectivity index (χ0n) is 20.5. The molecule has 2 aromatic heterocycles. The summed E-state index contributed by atoms with van der Waals surface area (Å²) in [6.45, 7) is 2.17. The molecule has 4 rings (SSSR count). The molecule has 1 fully saturated rings. The number of imidazole rings is 1. The number of benzene rings is 1. The number of aromatic nitrogens is 2. The van der Waals surface area contributed by atoms with Gasteiger partial charge in [0.1, 0.15) is 22.9 Å². The van der Waals surface area contributed by atoms with Gasteiger partial charge in [-0.3, -0.25) is 4.40 Å². The van der Waals surface area contributed by atoms with Gasteiger partial charge < -0.3 is 9.50 Å². The van der Waals surface area contributed by atoms with Gasteiger partial charge in [-0.05, 0) is 59.5 Å². The van der Waals surface area contributed by atoms with Crippen molar-refractivity contribution in [2.75, 3.05) is 11.1 Å². The van der Waals surface area contributed by atoms with Crippen LogP contribution in [0.2, 0.25) is 0 Å². The summed E-state index contributed by atoms with van der Waals surface area (Å²) in [7, 11) is -3.64. The third-order valence-electron chi connectivity index (χ3n) is 6.61. The number of fused-ring (bicyclic) bond motifs is 1. The van der Waals surface area contributed by atoms with Gasteiger partial charge in [-0.2, -0.15) is 8.42 Å². The second-order valence-electron chi connectivity index (χ2n) is 9.50. The summed E-state index contributed by atoms with van der Waals surface area (Å²) < 4.78 is 33.7. The Morgan fingerprint density at radius 2 is 1.83 bits per heavy atom. The smallest absolute Gasteiger partial charge is 0.309 e. The van der Waals surface area contributed by atoms with Crippen LogP contribution in [-0.4, -0.2) is 29.6 Å². The number of rotatable bonds is 12. The second-order valence-corrected chi connectivity index (χ2v) is 12.1. The monoisotopic (exact) mass is 561 g/mol. The van der Waals surface area contributed by atoms with Gasteiger partial charge >= 0.3 is 10.1 Å². The third kappa shape index (κ3) is 7.23. The SMILES string of the molecule is CCCCCCCCS(=O)(=O)Oc1cccc(-c2nc3ccc(Br)cn3c2NC2CCCCC2)c1. The average molecular weight is 563 g/mol. The van der Waals surface area contributed by atoms with E-state index in [1.165, 1.54) is 32.1 Å². The van der Waals surface area contributed by atoms with Crippen LogP contribution >= 0.6 is 15.9 Å². The maximum atomic E-state index is 12.6. The Bertz CT molecular complexity index is 1220. The summed E-state index contributed by atoms with van der Waals surface area (Å²) in [5.74, 6) is 1.30. The zero-order valence-corrected chi connectivity index (χ0v) is 22.9. The molecule has 8 heteroatoms. The second kappa shape index (κ2) is 12.3. The first-order valence-corrected chi connectivity index (χ1v) is 15.3. The van der Waals surface area contributed by atoms with E-state index in [0.717, 1.165) is 59.3 Å². The van der Waals surface area contributed by atoms with Gasteiger partial charge in [0, 0.05) is 22.3 Å².